The molecule has 0 saturated carbocycles. The highest BCUT2D eigenvalue weighted by Crippen LogP contribution is 2.37. The molecule has 2 aromatic carbocycles. The van der Waals surface area contributed by atoms with E-state index in [1.807, 2.05) is 36.4 Å². The maximum atomic E-state index is 5.98. The highest BCUT2D eigenvalue weighted by Gasteiger charge is 2.15. The van der Waals surface area contributed by atoms with Crippen molar-refractivity contribution < 1.29 is 18.9 Å². The van der Waals surface area contributed by atoms with Crippen LogP contribution in [0.4, 0.5) is 5.95 Å². The van der Waals surface area contributed by atoms with Gasteiger partial charge in [0.05, 0.1) is 39.8 Å². The van der Waals surface area contributed by atoms with Crippen molar-refractivity contribution in [1.82, 2.24) is 9.97 Å². The lowest BCUT2D eigenvalue weighted by molar-refractivity contribution is 0.395. The van der Waals surface area contributed by atoms with E-state index in [1.165, 1.54) is 0 Å². The first-order chi connectivity index (χ1) is 13.1. The van der Waals surface area contributed by atoms with Crippen LogP contribution in [0.5, 0.6) is 23.0 Å². The van der Waals surface area contributed by atoms with Crippen LogP contribution in [-0.2, 0) is 0 Å². The van der Waals surface area contributed by atoms with Crippen molar-refractivity contribution in [3.63, 3.8) is 0 Å². The number of hydrogen-bond acceptors (Lipinski definition) is 7. The van der Waals surface area contributed by atoms with E-state index in [4.69, 9.17) is 24.7 Å². The first kappa shape index (κ1) is 18.3. The van der Waals surface area contributed by atoms with Gasteiger partial charge in [0, 0.05) is 17.2 Å². The van der Waals surface area contributed by atoms with Crippen molar-refractivity contribution in [1.29, 1.82) is 0 Å². The van der Waals surface area contributed by atoms with Crippen LogP contribution in [-0.4, -0.2) is 38.4 Å². The maximum absolute atomic E-state index is 5.98. The van der Waals surface area contributed by atoms with Crippen molar-refractivity contribution in [3.8, 4) is 45.5 Å². The minimum Gasteiger partial charge on any atom is -0.497 e. The average molecular weight is 367 g/mol. The average Bonchev–Trinajstić information content (AvgIpc) is 2.72. The zero-order valence-corrected chi connectivity index (χ0v) is 15.6. The number of ether oxygens (including phenoxy) is 4. The Bertz CT molecular complexity index is 960. The summed E-state index contributed by atoms with van der Waals surface area (Å²) in [5.74, 6) is 2.79. The van der Waals surface area contributed by atoms with Gasteiger partial charge in [-0.15, -0.1) is 0 Å². The topological polar surface area (TPSA) is 88.7 Å². The molecule has 0 fully saturated rings. The molecule has 0 atom stereocenters. The second-order valence-corrected chi connectivity index (χ2v) is 5.63. The summed E-state index contributed by atoms with van der Waals surface area (Å²) in [6.07, 6.45) is 0. The third kappa shape index (κ3) is 3.72. The lowest BCUT2D eigenvalue weighted by Crippen LogP contribution is -2.01. The molecule has 0 aliphatic heterocycles. The number of nitrogens with zero attached hydrogens (tertiary/aromatic N) is 2. The second-order valence-electron chi connectivity index (χ2n) is 5.63. The number of nitrogen functional groups attached to an aromatic ring is 1. The van der Waals surface area contributed by atoms with E-state index in [9.17, 15) is 0 Å². The molecule has 3 rings (SSSR count). The highest BCUT2D eigenvalue weighted by molar-refractivity contribution is 5.76. The Morgan fingerprint density at radius 1 is 0.630 bits per heavy atom. The molecule has 0 aliphatic rings. The third-order valence-electron chi connectivity index (χ3n) is 4.11. The molecule has 0 saturated heterocycles. The normalized spacial score (nSPS) is 10.4. The van der Waals surface area contributed by atoms with Gasteiger partial charge in [0.25, 0.3) is 0 Å². The van der Waals surface area contributed by atoms with E-state index in [2.05, 4.69) is 9.97 Å². The zero-order valence-electron chi connectivity index (χ0n) is 15.6. The van der Waals surface area contributed by atoms with Gasteiger partial charge in [-0.1, -0.05) is 0 Å². The number of hydrogen-bond donors (Lipinski definition) is 1. The maximum Gasteiger partial charge on any atom is 0.221 e. The van der Waals surface area contributed by atoms with Gasteiger partial charge in [0.1, 0.15) is 23.0 Å². The Morgan fingerprint density at radius 3 is 1.85 bits per heavy atom. The quantitative estimate of drug-likeness (QED) is 0.714. The Labute approximate surface area is 157 Å². The van der Waals surface area contributed by atoms with Crippen LogP contribution < -0.4 is 24.7 Å². The molecule has 0 radical (unpaired) electrons. The summed E-state index contributed by atoms with van der Waals surface area (Å²) in [6.45, 7) is 0. The fourth-order valence-corrected chi connectivity index (χ4v) is 2.77. The van der Waals surface area contributed by atoms with Gasteiger partial charge in [-0.2, -0.15) is 0 Å². The summed E-state index contributed by atoms with van der Waals surface area (Å²) in [7, 11) is 6.40. The number of benzene rings is 2. The predicted octanol–water partition coefficient (Wildman–Crippen LogP) is 3.43. The van der Waals surface area contributed by atoms with E-state index < -0.39 is 0 Å². The van der Waals surface area contributed by atoms with Gasteiger partial charge < -0.3 is 24.7 Å². The molecule has 140 valence electrons. The molecule has 27 heavy (non-hydrogen) atoms. The summed E-state index contributed by atoms with van der Waals surface area (Å²) in [5.41, 5.74) is 8.75. The molecular weight excluding hydrogens is 346 g/mol. The van der Waals surface area contributed by atoms with E-state index in [0.717, 1.165) is 11.1 Å². The predicted molar refractivity (Wildman–Crippen MR) is 104 cm³/mol. The van der Waals surface area contributed by atoms with E-state index >= 15 is 0 Å². The van der Waals surface area contributed by atoms with Crippen LogP contribution in [0.25, 0.3) is 22.5 Å². The molecule has 1 heterocycles. The number of aromatic nitrogens is 2. The summed E-state index contributed by atoms with van der Waals surface area (Å²) in [5, 5.41) is 0. The van der Waals surface area contributed by atoms with Gasteiger partial charge in [-0.3, -0.25) is 0 Å². The van der Waals surface area contributed by atoms with E-state index in [-0.39, 0.29) is 5.95 Å². The number of methoxy groups -OCH3 is 4. The smallest absolute Gasteiger partial charge is 0.221 e. The molecule has 7 heteroatoms. The van der Waals surface area contributed by atoms with Crippen molar-refractivity contribution in [2.75, 3.05) is 34.2 Å². The fourth-order valence-electron chi connectivity index (χ4n) is 2.77. The summed E-state index contributed by atoms with van der Waals surface area (Å²) < 4.78 is 21.5. The summed E-state index contributed by atoms with van der Waals surface area (Å²) >= 11 is 0. The standard InChI is InChI=1S/C20H21N3O4/c1-24-12-6-8-18(26-3)15(9-12)17-11-16(22-20(21)23-17)14-7-5-13(25-2)10-19(14)27-4/h5-11H,1-4H3,(H2,21,22,23). The Balaban J connectivity index is 2.17. The van der Waals surface area contributed by atoms with Gasteiger partial charge in [0.15, 0.2) is 0 Å². The molecular formula is C20H21N3O4. The van der Waals surface area contributed by atoms with Gasteiger partial charge in [-0.05, 0) is 36.4 Å². The monoisotopic (exact) mass is 367 g/mol. The fraction of sp³-hybridized carbons (Fsp3) is 0.200. The SMILES string of the molecule is COc1ccc(-c2cc(-c3cc(OC)ccc3OC)nc(N)n2)c(OC)c1. The molecule has 0 amide bonds. The Morgan fingerprint density at radius 2 is 1.22 bits per heavy atom. The summed E-state index contributed by atoms with van der Waals surface area (Å²) in [4.78, 5) is 8.73. The minimum atomic E-state index is 0.144. The van der Waals surface area contributed by atoms with Crippen LogP contribution in [0, 0.1) is 0 Å². The van der Waals surface area contributed by atoms with Gasteiger partial charge in [-0.25, -0.2) is 9.97 Å². The number of rotatable bonds is 6. The zero-order chi connectivity index (χ0) is 19.4. The third-order valence-corrected chi connectivity index (χ3v) is 4.11. The molecule has 7 nitrogen and oxygen atoms in total. The van der Waals surface area contributed by atoms with Crippen LogP contribution in [0.2, 0.25) is 0 Å². The van der Waals surface area contributed by atoms with Crippen LogP contribution in [0.3, 0.4) is 0 Å². The molecule has 1 aromatic heterocycles. The molecule has 0 bridgehead atoms. The first-order valence-electron chi connectivity index (χ1n) is 8.19. The van der Waals surface area contributed by atoms with Crippen LogP contribution >= 0.6 is 0 Å². The highest BCUT2D eigenvalue weighted by atomic mass is 16.5. The van der Waals surface area contributed by atoms with Crippen molar-refractivity contribution in [2.24, 2.45) is 0 Å². The van der Waals surface area contributed by atoms with Gasteiger partial charge in [0.2, 0.25) is 5.95 Å². The molecule has 0 aliphatic carbocycles. The lowest BCUT2D eigenvalue weighted by Gasteiger charge is -2.13. The molecule has 0 spiro atoms. The van der Waals surface area contributed by atoms with Crippen molar-refractivity contribution in [2.45, 2.75) is 0 Å². The molecule has 3 aromatic rings. The number of anilines is 1. The largest absolute Gasteiger partial charge is 0.497 e. The Kier molecular flexibility index (Phi) is 5.30. The van der Waals surface area contributed by atoms with Crippen LogP contribution in [0.15, 0.2) is 42.5 Å². The first-order valence-corrected chi connectivity index (χ1v) is 8.19. The van der Waals surface area contributed by atoms with Gasteiger partial charge >= 0.3 is 0 Å². The summed E-state index contributed by atoms with van der Waals surface area (Å²) in [6, 6.07) is 12.8. The lowest BCUT2D eigenvalue weighted by atomic mass is 10.1. The van der Waals surface area contributed by atoms with E-state index in [1.54, 1.807) is 34.5 Å². The molecule has 0 unspecified atom stereocenters. The molecule has 2 N–H and O–H groups in total. The number of nitrogens with two attached hydrogens (primary N) is 1. The van der Waals surface area contributed by atoms with Crippen LogP contribution in [0.1, 0.15) is 0 Å². The minimum absolute atomic E-state index is 0.144. The van der Waals surface area contributed by atoms with Crippen molar-refractivity contribution in [3.05, 3.63) is 42.5 Å². The van der Waals surface area contributed by atoms with Crippen molar-refractivity contribution >= 4 is 5.95 Å². The second kappa shape index (κ2) is 7.82. The Hall–Kier alpha value is -3.48. The van der Waals surface area contributed by atoms with E-state index in [0.29, 0.717) is 34.4 Å².